The van der Waals surface area contributed by atoms with Gasteiger partial charge in [0.1, 0.15) is 5.82 Å². The molecule has 6 heteroatoms. The molecule has 2 heterocycles. The van der Waals surface area contributed by atoms with E-state index in [1.165, 1.54) is 0 Å². The zero-order valence-electron chi connectivity index (χ0n) is 9.90. The van der Waals surface area contributed by atoms with Crippen molar-refractivity contribution >= 4 is 5.91 Å². The second-order valence-electron chi connectivity index (χ2n) is 3.84. The van der Waals surface area contributed by atoms with Gasteiger partial charge in [0, 0.05) is 38.6 Å². The van der Waals surface area contributed by atoms with E-state index < -0.39 is 0 Å². The van der Waals surface area contributed by atoms with Gasteiger partial charge >= 0.3 is 0 Å². The molecule has 0 radical (unpaired) electrons. The lowest BCUT2D eigenvalue weighted by Gasteiger charge is -2.02. The number of carbonyl (C=O) groups excluding carboxylic acids is 1. The average Bonchev–Trinajstić information content (AvgIpc) is 2.88. The van der Waals surface area contributed by atoms with Crippen LogP contribution in [0.1, 0.15) is 21.9 Å². The van der Waals surface area contributed by atoms with Crippen molar-refractivity contribution in [2.24, 2.45) is 7.05 Å². The fourth-order valence-electron chi connectivity index (χ4n) is 1.65. The molecular formula is C11H15N5O. The Hall–Kier alpha value is -2.11. The molecule has 90 valence electrons. The molecule has 0 bridgehead atoms. The zero-order valence-corrected chi connectivity index (χ0v) is 9.90. The van der Waals surface area contributed by atoms with Gasteiger partial charge in [0.15, 0.2) is 0 Å². The van der Waals surface area contributed by atoms with Crippen molar-refractivity contribution in [2.45, 2.75) is 13.3 Å². The fourth-order valence-corrected chi connectivity index (χ4v) is 1.65. The molecule has 2 aromatic rings. The van der Waals surface area contributed by atoms with Crippen LogP contribution in [0.5, 0.6) is 0 Å². The topological polar surface area (TPSA) is 75.6 Å². The molecule has 0 aliphatic carbocycles. The summed E-state index contributed by atoms with van der Waals surface area (Å²) >= 11 is 0. The van der Waals surface area contributed by atoms with Crippen LogP contribution in [-0.4, -0.2) is 32.2 Å². The molecule has 0 atom stereocenters. The molecule has 0 unspecified atom stereocenters. The summed E-state index contributed by atoms with van der Waals surface area (Å²) in [6.07, 6.45) is 5.88. The van der Waals surface area contributed by atoms with Crippen molar-refractivity contribution < 1.29 is 4.79 Å². The number of aryl methyl sites for hydroxylation is 2. The van der Waals surface area contributed by atoms with Crippen LogP contribution in [0.25, 0.3) is 0 Å². The molecule has 0 fully saturated rings. The van der Waals surface area contributed by atoms with Crippen molar-refractivity contribution in [3.63, 3.8) is 0 Å². The van der Waals surface area contributed by atoms with Crippen molar-refractivity contribution in [2.75, 3.05) is 6.54 Å². The lowest BCUT2D eigenvalue weighted by atomic mass is 10.2. The van der Waals surface area contributed by atoms with E-state index in [1.807, 2.05) is 6.92 Å². The summed E-state index contributed by atoms with van der Waals surface area (Å²) in [6.45, 7) is 2.38. The van der Waals surface area contributed by atoms with Crippen LogP contribution in [0.4, 0.5) is 0 Å². The van der Waals surface area contributed by atoms with Gasteiger partial charge in [-0.1, -0.05) is 0 Å². The van der Waals surface area contributed by atoms with E-state index in [2.05, 4.69) is 20.4 Å². The van der Waals surface area contributed by atoms with Gasteiger partial charge in [-0.15, -0.1) is 0 Å². The van der Waals surface area contributed by atoms with E-state index in [1.54, 1.807) is 30.3 Å². The lowest BCUT2D eigenvalue weighted by Crippen LogP contribution is -2.26. The lowest BCUT2D eigenvalue weighted by molar-refractivity contribution is 0.0953. The highest BCUT2D eigenvalue weighted by atomic mass is 16.1. The van der Waals surface area contributed by atoms with Crippen LogP contribution in [0.2, 0.25) is 0 Å². The van der Waals surface area contributed by atoms with E-state index in [0.29, 0.717) is 18.5 Å². The number of carbonyl (C=O) groups is 1. The van der Waals surface area contributed by atoms with Crippen molar-refractivity contribution in [3.05, 3.63) is 35.7 Å². The Morgan fingerprint density at radius 2 is 2.41 bits per heavy atom. The Bertz CT molecular complexity index is 500. The molecule has 6 nitrogen and oxygen atoms in total. The maximum absolute atomic E-state index is 11.8. The number of nitrogens with zero attached hydrogens (tertiary/aromatic N) is 3. The van der Waals surface area contributed by atoms with Crippen LogP contribution in [0.3, 0.4) is 0 Å². The predicted molar refractivity (Wildman–Crippen MR) is 62.6 cm³/mol. The molecule has 0 saturated heterocycles. The van der Waals surface area contributed by atoms with Gasteiger partial charge in [0.05, 0.1) is 11.3 Å². The standard InChI is InChI=1S/C11H15N5O/c1-8-9(7-16(2)15-8)11(17)14-4-3-10-12-5-6-13-10/h5-7H,3-4H2,1-2H3,(H,12,13)(H,14,17). The minimum Gasteiger partial charge on any atom is -0.351 e. The highest BCUT2D eigenvalue weighted by molar-refractivity contribution is 5.94. The van der Waals surface area contributed by atoms with Gasteiger partial charge in [-0.2, -0.15) is 5.10 Å². The Labute approximate surface area is 99.1 Å². The number of amides is 1. The Morgan fingerprint density at radius 1 is 1.59 bits per heavy atom. The SMILES string of the molecule is Cc1nn(C)cc1C(=O)NCCc1ncc[nH]1. The molecule has 17 heavy (non-hydrogen) atoms. The number of imidazole rings is 1. The van der Waals surface area contributed by atoms with Crippen LogP contribution in [-0.2, 0) is 13.5 Å². The highest BCUT2D eigenvalue weighted by Crippen LogP contribution is 2.03. The van der Waals surface area contributed by atoms with Crippen LogP contribution < -0.4 is 5.32 Å². The summed E-state index contributed by atoms with van der Waals surface area (Å²) in [5.41, 5.74) is 1.36. The number of hydrogen-bond acceptors (Lipinski definition) is 3. The van der Waals surface area contributed by atoms with Crippen LogP contribution in [0, 0.1) is 6.92 Å². The largest absolute Gasteiger partial charge is 0.351 e. The highest BCUT2D eigenvalue weighted by Gasteiger charge is 2.11. The maximum atomic E-state index is 11.8. The van der Waals surface area contributed by atoms with E-state index >= 15 is 0 Å². The number of aromatic amines is 1. The summed E-state index contributed by atoms with van der Waals surface area (Å²) in [7, 11) is 1.80. The smallest absolute Gasteiger partial charge is 0.254 e. The molecule has 0 aliphatic rings. The third-order valence-electron chi connectivity index (χ3n) is 2.46. The maximum Gasteiger partial charge on any atom is 0.254 e. The van der Waals surface area contributed by atoms with Crippen LogP contribution >= 0.6 is 0 Å². The van der Waals surface area contributed by atoms with Crippen molar-refractivity contribution in [1.29, 1.82) is 0 Å². The molecule has 1 amide bonds. The van der Waals surface area contributed by atoms with E-state index in [4.69, 9.17) is 0 Å². The average molecular weight is 233 g/mol. The van der Waals surface area contributed by atoms with Crippen molar-refractivity contribution in [3.8, 4) is 0 Å². The summed E-state index contributed by atoms with van der Waals surface area (Å²) in [6, 6.07) is 0. The van der Waals surface area contributed by atoms with Crippen LogP contribution in [0.15, 0.2) is 18.6 Å². The second kappa shape index (κ2) is 4.82. The van der Waals surface area contributed by atoms with Gasteiger partial charge in [-0.3, -0.25) is 9.48 Å². The number of aromatic nitrogens is 4. The molecule has 2 aromatic heterocycles. The molecule has 0 aromatic carbocycles. The fraction of sp³-hybridized carbons (Fsp3) is 0.364. The number of rotatable bonds is 4. The van der Waals surface area contributed by atoms with E-state index in [-0.39, 0.29) is 5.91 Å². The monoisotopic (exact) mass is 233 g/mol. The normalized spacial score (nSPS) is 10.5. The molecule has 0 aliphatic heterocycles. The van der Waals surface area contributed by atoms with Gasteiger partial charge in [0.2, 0.25) is 0 Å². The van der Waals surface area contributed by atoms with E-state index in [0.717, 1.165) is 11.5 Å². The third-order valence-corrected chi connectivity index (χ3v) is 2.46. The molecular weight excluding hydrogens is 218 g/mol. The first-order chi connectivity index (χ1) is 8.16. The number of nitrogens with one attached hydrogen (secondary N) is 2. The minimum absolute atomic E-state index is 0.0952. The molecule has 0 saturated carbocycles. The zero-order chi connectivity index (χ0) is 12.3. The Morgan fingerprint density at radius 3 is 3.00 bits per heavy atom. The predicted octanol–water partition coefficient (Wildman–Crippen LogP) is 0.424. The molecule has 2 N–H and O–H groups in total. The Kier molecular flexibility index (Phi) is 3.22. The van der Waals surface area contributed by atoms with Gasteiger partial charge in [-0.05, 0) is 6.92 Å². The molecule has 0 spiro atoms. The van der Waals surface area contributed by atoms with Crippen molar-refractivity contribution in [1.82, 2.24) is 25.1 Å². The first kappa shape index (κ1) is 11.4. The Balaban J connectivity index is 1.87. The number of hydrogen-bond donors (Lipinski definition) is 2. The summed E-state index contributed by atoms with van der Waals surface area (Å²) < 4.78 is 1.64. The minimum atomic E-state index is -0.0952. The summed E-state index contributed by atoms with van der Waals surface area (Å²) in [5.74, 6) is 0.773. The quantitative estimate of drug-likeness (QED) is 0.803. The second-order valence-corrected chi connectivity index (χ2v) is 3.84. The van der Waals surface area contributed by atoms with Gasteiger partial charge < -0.3 is 10.3 Å². The van der Waals surface area contributed by atoms with Gasteiger partial charge in [0.25, 0.3) is 5.91 Å². The molecule has 2 rings (SSSR count). The third kappa shape index (κ3) is 2.72. The number of H-pyrrole nitrogens is 1. The van der Waals surface area contributed by atoms with Gasteiger partial charge in [-0.25, -0.2) is 4.98 Å². The first-order valence-electron chi connectivity index (χ1n) is 5.43. The summed E-state index contributed by atoms with van der Waals surface area (Å²) in [5, 5.41) is 6.97. The summed E-state index contributed by atoms with van der Waals surface area (Å²) in [4.78, 5) is 18.9. The van der Waals surface area contributed by atoms with E-state index in [9.17, 15) is 4.79 Å². The first-order valence-corrected chi connectivity index (χ1v) is 5.43.